The molecule has 5 heteroatoms. The number of carboxylic acid groups (broad SMARTS) is 2. The van der Waals surface area contributed by atoms with Crippen molar-refractivity contribution in [2.45, 2.75) is 39.5 Å². The normalized spacial score (nSPS) is 16.1. The number of rotatable bonds is 0. The maximum atomic E-state index is 8.89. The maximum Gasteiger partial charge on any atom is 2.00 e. The summed E-state index contributed by atoms with van der Waals surface area (Å²) in [5.74, 6) is -2.17. The topological polar surface area (TPSA) is 80.3 Å². The molecule has 0 saturated heterocycles. The minimum atomic E-state index is -1.08. The van der Waals surface area contributed by atoms with Crippen molar-refractivity contribution in [1.82, 2.24) is 0 Å². The quantitative estimate of drug-likeness (QED) is 0.469. The summed E-state index contributed by atoms with van der Waals surface area (Å²) in [7, 11) is 0. The van der Waals surface area contributed by atoms with Gasteiger partial charge in [-0.05, 0) is 39.5 Å². The minimum Gasteiger partial charge on any atom is -0.550 e. The van der Waals surface area contributed by atoms with E-state index in [-0.39, 0.29) is 19.5 Å². The molecule has 4 nitrogen and oxygen atoms in total. The molecule has 1 rings (SSSR count). The summed E-state index contributed by atoms with van der Waals surface area (Å²) in [6, 6.07) is 0. The molecule has 0 N–H and O–H groups in total. The van der Waals surface area contributed by atoms with Gasteiger partial charge >= 0.3 is 19.5 Å². The summed E-state index contributed by atoms with van der Waals surface area (Å²) in [5.41, 5.74) is 0. The third-order valence-corrected chi connectivity index (χ3v) is 1.33. The van der Waals surface area contributed by atoms with Crippen LogP contribution < -0.4 is 10.2 Å². The molecule has 0 aromatic rings. The summed E-state index contributed by atoms with van der Waals surface area (Å²) in [6.07, 6.45) is 14.0. The summed E-state index contributed by atoms with van der Waals surface area (Å²) in [4.78, 5) is 17.8. The van der Waals surface area contributed by atoms with Crippen molar-refractivity contribution in [1.29, 1.82) is 0 Å². The number of hydrogen-bond acceptors (Lipinski definition) is 4. The van der Waals surface area contributed by atoms with E-state index in [1.165, 1.54) is 25.7 Å². The van der Waals surface area contributed by atoms with Gasteiger partial charge < -0.3 is 19.8 Å². The molecule has 17 heavy (non-hydrogen) atoms. The fourth-order valence-corrected chi connectivity index (χ4v) is 0.856. The molecule has 1 aliphatic rings. The molecule has 1 aliphatic carbocycles. The molecule has 99 valence electrons. The summed E-state index contributed by atoms with van der Waals surface area (Å²) >= 11 is 0. The van der Waals surface area contributed by atoms with Gasteiger partial charge in [-0.3, -0.25) is 0 Å². The summed E-state index contributed by atoms with van der Waals surface area (Å²) in [5, 5.41) is 17.8. The number of carbonyl (C=O) groups is 2. The van der Waals surface area contributed by atoms with Crippen molar-refractivity contribution in [3.8, 4) is 0 Å². The average molecular weight is 329 g/mol. The molecule has 0 amide bonds. The molecule has 0 aromatic carbocycles. The number of carboxylic acids is 2. The van der Waals surface area contributed by atoms with Crippen LogP contribution in [0.2, 0.25) is 0 Å². The van der Waals surface area contributed by atoms with Crippen LogP contribution in [-0.2, 0) is 29.1 Å². The molecule has 0 spiro atoms. The second-order valence-electron chi connectivity index (χ2n) is 3.08. The van der Waals surface area contributed by atoms with E-state index < -0.39 is 11.9 Å². The number of allylic oxidation sites excluding steroid dienone is 4. The van der Waals surface area contributed by atoms with Crippen LogP contribution in [0.4, 0.5) is 0 Å². The van der Waals surface area contributed by atoms with E-state index in [0.717, 1.165) is 13.8 Å². The third-order valence-electron chi connectivity index (χ3n) is 1.33. The van der Waals surface area contributed by atoms with Crippen LogP contribution in [0.3, 0.4) is 0 Å². The molecule has 1 radical (unpaired) electrons. The van der Waals surface area contributed by atoms with Crippen LogP contribution in [0, 0.1) is 0 Å². The smallest absolute Gasteiger partial charge is 0.550 e. The zero-order valence-corrected chi connectivity index (χ0v) is 11.7. The van der Waals surface area contributed by atoms with Gasteiger partial charge in [-0.25, -0.2) is 0 Å². The van der Waals surface area contributed by atoms with E-state index in [4.69, 9.17) is 19.8 Å². The molecular formula is C12H18O4Rh. The van der Waals surface area contributed by atoms with Gasteiger partial charge in [0.25, 0.3) is 0 Å². The van der Waals surface area contributed by atoms with Gasteiger partial charge in [0.05, 0.1) is 0 Å². The molecule has 0 aromatic heterocycles. The SMILES string of the molecule is C1=C\CC/C=C\CC/1.CC(=O)[O-].CC(=O)[O-].[Rh+2]. The fraction of sp³-hybridized carbons (Fsp3) is 0.500. The van der Waals surface area contributed by atoms with Gasteiger partial charge in [-0.2, -0.15) is 0 Å². The Kier molecular flexibility index (Phi) is 21.9. The Labute approximate surface area is 115 Å². The molecule has 0 aliphatic heterocycles. The van der Waals surface area contributed by atoms with Crippen molar-refractivity contribution < 1.29 is 39.3 Å². The van der Waals surface area contributed by atoms with Gasteiger partial charge in [0, 0.05) is 11.9 Å². The third kappa shape index (κ3) is 51.6. The van der Waals surface area contributed by atoms with Crippen LogP contribution in [0.5, 0.6) is 0 Å². The van der Waals surface area contributed by atoms with E-state index in [9.17, 15) is 0 Å². The van der Waals surface area contributed by atoms with Gasteiger partial charge in [0.15, 0.2) is 0 Å². The Balaban J connectivity index is -0.000000189. The molecule has 0 heterocycles. The van der Waals surface area contributed by atoms with E-state index in [1.54, 1.807) is 0 Å². The average Bonchev–Trinajstić information content (AvgIpc) is 1.98. The Morgan fingerprint density at radius 2 is 0.882 bits per heavy atom. The van der Waals surface area contributed by atoms with E-state index in [0.29, 0.717) is 0 Å². The van der Waals surface area contributed by atoms with Gasteiger partial charge in [0.2, 0.25) is 0 Å². The second kappa shape index (κ2) is 17.4. The Morgan fingerprint density at radius 3 is 1.00 bits per heavy atom. The predicted octanol–water partition coefficient (Wildman–Crippen LogP) is 0.183. The Morgan fingerprint density at radius 1 is 0.765 bits per heavy atom. The van der Waals surface area contributed by atoms with Crippen molar-refractivity contribution in [2.24, 2.45) is 0 Å². The second-order valence-corrected chi connectivity index (χ2v) is 3.08. The van der Waals surface area contributed by atoms with Crippen molar-refractivity contribution in [2.75, 3.05) is 0 Å². The van der Waals surface area contributed by atoms with Crippen LogP contribution in [-0.4, -0.2) is 11.9 Å². The first kappa shape index (κ1) is 21.3. The summed E-state index contributed by atoms with van der Waals surface area (Å²) in [6.45, 7) is 1.94. The van der Waals surface area contributed by atoms with Crippen LogP contribution in [0.15, 0.2) is 24.3 Å². The zero-order chi connectivity index (χ0) is 12.8. The van der Waals surface area contributed by atoms with E-state index in [2.05, 4.69) is 24.3 Å². The van der Waals surface area contributed by atoms with Gasteiger partial charge in [-0.1, -0.05) is 24.3 Å². The maximum absolute atomic E-state index is 8.89. The number of hydrogen-bond donors (Lipinski definition) is 0. The van der Waals surface area contributed by atoms with Crippen molar-refractivity contribution in [3.05, 3.63) is 24.3 Å². The van der Waals surface area contributed by atoms with E-state index >= 15 is 0 Å². The Bertz CT molecular complexity index is 201. The number of aliphatic carboxylic acids is 2. The predicted molar refractivity (Wildman–Crippen MR) is 58.1 cm³/mol. The minimum absolute atomic E-state index is 0. The molecule has 0 unspecified atom stereocenters. The van der Waals surface area contributed by atoms with Gasteiger partial charge in [-0.15, -0.1) is 0 Å². The van der Waals surface area contributed by atoms with Crippen LogP contribution in [0.25, 0.3) is 0 Å². The van der Waals surface area contributed by atoms with Crippen LogP contribution in [0.1, 0.15) is 39.5 Å². The van der Waals surface area contributed by atoms with Crippen molar-refractivity contribution in [3.63, 3.8) is 0 Å². The van der Waals surface area contributed by atoms with Gasteiger partial charge in [0.1, 0.15) is 0 Å². The largest absolute Gasteiger partial charge is 2.00 e. The van der Waals surface area contributed by atoms with Crippen molar-refractivity contribution >= 4 is 11.9 Å². The molecule has 0 atom stereocenters. The molecule has 0 saturated carbocycles. The fourth-order valence-electron chi connectivity index (χ4n) is 0.856. The van der Waals surface area contributed by atoms with E-state index in [1.807, 2.05) is 0 Å². The first-order chi connectivity index (χ1) is 7.46. The number of carbonyl (C=O) groups excluding carboxylic acids is 2. The summed E-state index contributed by atoms with van der Waals surface area (Å²) < 4.78 is 0. The molecule has 0 fully saturated rings. The zero-order valence-electron chi connectivity index (χ0n) is 10.1. The standard InChI is InChI=1S/C8H12.2C2H4O2.Rh/c1-2-4-6-8-7-5-3-1;2*1-2(3)4;/h1-2,7-8H,3-6H2;2*1H3,(H,3,4);/q;;;+2/p-2/b2-1-,8-7-;;;. The Hall–Kier alpha value is -0.957. The first-order valence-corrected chi connectivity index (χ1v) is 5.12. The molecular weight excluding hydrogens is 311 g/mol. The monoisotopic (exact) mass is 329 g/mol. The van der Waals surface area contributed by atoms with Crippen LogP contribution >= 0.6 is 0 Å². The molecule has 0 bridgehead atoms. The first-order valence-electron chi connectivity index (χ1n) is 5.12.